The first-order chi connectivity index (χ1) is 8.24. The number of nitrogens with one attached hydrogen (secondary N) is 1. The number of hydrogen-bond acceptors (Lipinski definition) is 4. The van der Waals surface area contributed by atoms with Crippen molar-refractivity contribution >= 4 is 27.7 Å². The predicted molar refractivity (Wildman–Crippen MR) is 65.2 cm³/mol. The summed E-state index contributed by atoms with van der Waals surface area (Å²) < 4.78 is 2.47. The van der Waals surface area contributed by atoms with Crippen molar-refractivity contribution in [2.45, 2.75) is 13.0 Å². The lowest BCUT2D eigenvalue weighted by molar-refractivity contribution is -0.116. The highest BCUT2D eigenvalue weighted by atomic mass is 79.9. The van der Waals surface area contributed by atoms with E-state index in [-0.39, 0.29) is 5.91 Å². The van der Waals surface area contributed by atoms with Gasteiger partial charge in [-0.25, -0.2) is 15.0 Å². The summed E-state index contributed by atoms with van der Waals surface area (Å²) in [5, 5.41) is 2.66. The maximum Gasteiger partial charge on any atom is 0.227 e. The summed E-state index contributed by atoms with van der Waals surface area (Å²) in [4.78, 5) is 23.4. The van der Waals surface area contributed by atoms with Gasteiger partial charge in [-0.15, -0.1) is 0 Å². The van der Waals surface area contributed by atoms with Crippen LogP contribution in [0.15, 0.2) is 35.7 Å². The average Bonchev–Trinajstić information content (AvgIpc) is 2.83. The summed E-state index contributed by atoms with van der Waals surface area (Å²) >= 11 is 3.17. The fraction of sp³-hybridized carbons (Fsp3) is 0.200. The van der Waals surface area contributed by atoms with Crippen LogP contribution < -0.4 is 5.32 Å². The second kappa shape index (κ2) is 5.53. The van der Waals surface area contributed by atoms with Gasteiger partial charge in [0.25, 0.3) is 0 Å². The number of nitrogens with zero attached hydrogens (tertiary/aromatic N) is 4. The van der Waals surface area contributed by atoms with E-state index in [0.29, 0.717) is 23.4 Å². The summed E-state index contributed by atoms with van der Waals surface area (Å²) in [6, 6.07) is 0. The lowest BCUT2D eigenvalue weighted by Gasteiger charge is -2.04. The molecule has 7 heteroatoms. The highest BCUT2D eigenvalue weighted by Crippen LogP contribution is 2.06. The van der Waals surface area contributed by atoms with Crippen molar-refractivity contribution in [1.82, 2.24) is 19.5 Å². The average molecular weight is 296 g/mol. The van der Waals surface area contributed by atoms with Gasteiger partial charge in [-0.05, 0) is 15.9 Å². The number of amides is 1. The summed E-state index contributed by atoms with van der Waals surface area (Å²) in [5.74, 6) is 0.346. The summed E-state index contributed by atoms with van der Waals surface area (Å²) in [5.41, 5.74) is 0. The highest BCUT2D eigenvalue weighted by Gasteiger charge is 2.03. The molecule has 2 aromatic rings. The fourth-order valence-corrected chi connectivity index (χ4v) is 1.44. The topological polar surface area (TPSA) is 72.7 Å². The molecule has 1 N–H and O–H groups in total. The molecule has 0 aliphatic heterocycles. The molecule has 0 aliphatic carbocycles. The fourth-order valence-electron chi connectivity index (χ4n) is 1.23. The minimum atomic E-state index is -0.102. The van der Waals surface area contributed by atoms with Gasteiger partial charge >= 0.3 is 0 Å². The van der Waals surface area contributed by atoms with Gasteiger partial charge in [0.2, 0.25) is 5.91 Å². The van der Waals surface area contributed by atoms with Gasteiger partial charge in [0.1, 0.15) is 4.60 Å². The van der Waals surface area contributed by atoms with Crippen molar-refractivity contribution in [1.29, 1.82) is 0 Å². The molecule has 0 unspecified atom stereocenters. The smallest absolute Gasteiger partial charge is 0.227 e. The zero-order chi connectivity index (χ0) is 12.1. The van der Waals surface area contributed by atoms with Crippen molar-refractivity contribution in [3.8, 4) is 0 Å². The molecule has 0 bridgehead atoms. The van der Waals surface area contributed by atoms with Gasteiger partial charge in [-0.1, -0.05) is 0 Å². The number of carbonyl (C=O) groups is 1. The quantitative estimate of drug-likeness (QED) is 0.927. The van der Waals surface area contributed by atoms with Crippen LogP contribution in [0.5, 0.6) is 0 Å². The Morgan fingerprint density at radius 2 is 2.29 bits per heavy atom. The number of halogens is 1. The minimum Gasteiger partial charge on any atom is -0.337 e. The Morgan fingerprint density at radius 3 is 2.94 bits per heavy atom. The van der Waals surface area contributed by atoms with Gasteiger partial charge in [0.05, 0.1) is 18.7 Å². The van der Waals surface area contributed by atoms with E-state index in [2.05, 4.69) is 36.2 Å². The monoisotopic (exact) mass is 295 g/mol. The third-order valence-corrected chi connectivity index (χ3v) is 2.45. The molecule has 2 heterocycles. The van der Waals surface area contributed by atoms with E-state index in [9.17, 15) is 4.79 Å². The molecule has 2 rings (SSSR count). The van der Waals surface area contributed by atoms with Crippen molar-refractivity contribution in [2.24, 2.45) is 0 Å². The van der Waals surface area contributed by atoms with Crippen molar-refractivity contribution in [2.75, 3.05) is 5.32 Å². The molecule has 0 spiro atoms. The third-order valence-electron chi connectivity index (χ3n) is 2.04. The Bertz CT molecular complexity index is 482. The highest BCUT2D eigenvalue weighted by molar-refractivity contribution is 9.10. The first-order valence-electron chi connectivity index (χ1n) is 4.97. The Morgan fingerprint density at radius 1 is 1.41 bits per heavy atom. The van der Waals surface area contributed by atoms with E-state index in [1.54, 1.807) is 12.5 Å². The first kappa shape index (κ1) is 11.7. The van der Waals surface area contributed by atoms with E-state index in [0.717, 1.165) is 0 Å². The van der Waals surface area contributed by atoms with E-state index in [1.165, 1.54) is 12.4 Å². The molecular weight excluding hydrogens is 286 g/mol. The van der Waals surface area contributed by atoms with Crippen molar-refractivity contribution in [3.63, 3.8) is 0 Å². The Kier molecular flexibility index (Phi) is 3.81. The Labute approximate surface area is 106 Å². The number of rotatable bonds is 4. The molecule has 0 saturated carbocycles. The summed E-state index contributed by atoms with van der Waals surface area (Å²) in [6.07, 6.45) is 8.57. The number of hydrogen-bond donors (Lipinski definition) is 1. The molecular formula is C10H10BrN5O. The van der Waals surface area contributed by atoms with Crippen LogP contribution in [0.3, 0.4) is 0 Å². The maximum absolute atomic E-state index is 11.6. The largest absolute Gasteiger partial charge is 0.337 e. The molecule has 0 radical (unpaired) electrons. The third kappa shape index (κ3) is 3.63. The molecule has 0 aliphatic rings. The van der Waals surface area contributed by atoms with Gasteiger partial charge in [-0.2, -0.15) is 0 Å². The maximum atomic E-state index is 11.6. The lowest BCUT2D eigenvalue weighted by Crippen LogP contribution is -2.15. The second-order valence-corrected chi connectivity index (χ2v) is 4.14. The molecule has 6 nitrogen and oxygen atoms in total. The molecule has 17 heavy (non-hydrogen) atoms. The molecule has 0 fully saturated rings. The van der Waals surface area contributed by atoms with Gasteiger partial charge < -0.3 is 9.88 Å². The Balaban J connectivity index is 1.83. The number of anilines is 1. The first-order valence-corrected chi connectivity index (χ1v) is 5.76. The summed E-state index contributed by atoms with van der Waals surface area (Å²) in [7, 11) is 0. The van der Waals surface area contributed by atoms with Crippen molar-refractivity contribution in [3.05, 3.63) is 35.7 Å². The van der Waals surface area contributed by atoms with E-state index in [4.69, 9.17) is 0 Å². The normalized spacial score (nSPS) is 10.2. The molecule has 0 saturated heterocycles. The van der Waals surface area contributed by atoms with E-state index >= 15 is 0 Å². The number of aromatic nitrogens is 4. The molecule has 2 aromatic heterocycles. The molecule has 88 valence electrons. The van der Waals surface area contributed by atoms with Crippen LogP contribution >= 0.6 is 15.9 Å². The van der Waals surface area contributed by atoms with Crippen LogP contribution in [0.2, 0.25) is 0 Å². The summed E-state index contributed by atoms with van der Waals surface area (Å²) in [6.45, 7) is 0.593. The number of carbonyl (C=O) groups excluding carboxylic acids is 1. The van der Waals surface area contributed by atoms with Crippen molar-refractivity contribution < 1.29 is 4.79 Å². The number of imidazole rings is 1. The standard InChI is InChI=1S/C10H10BrN5O/c11-8-5-14-9(6-13-8)15-10(17)1-3-16-4-2-12-7-16/h2,4-7H,1,3H2,(H,14,15,17). The van der Waals surface area contributed by atoms with Crippen LogP contribution in [0.1, 0.15) is 6.42 Å². The SMILES string of the molecule is O=C(CCn1ccnc1)Nc1cnc(Br)cn1. The van der Waals surface area contributed by atoms with E-state index in [1.807, 2.05) is 10.8 Å². The van der Waals surface area contributed by atoms with E-state index < -0.39 is 0 Å². The van der Waals surface area contributed by atoms with Crippen LogP contribution in [-0.4, -0.2) is 25.4 Å². The molecule has 0 aromatic carbocycles. The van der Waals surface area contributed by atoms with Crippen LogP contribution in [0.4, 0.5) is 5.82 Å². The predicted octanol–water partition coefficient (Wildman–Crippen LogP) is 1.46. The van der Waals surface area contributed by atoms with Gasteiger partial charge in [-0.3, -0.25) is 4.79 Å². The Hall–Kier alpha value is -1.76. The second-order valence-electron chi connectivity index (χ2n) is 3.32. The van der Waals surface area contributed by atoms with Gasteiger partial charge in [0.15, 0.2) is 5.82 Å². The van der Waals surface area contributed by atoms with Crippen LogP contribution in [0, 0.1) is 0 Å². The van der Waals surface area contributed by atoms with Gasteiger partial charge in [0, 0.05) is 25.4 Å². The molecule has 0 atom stereocenters. The van der Waals surface area contributed by atoms with Crippen LogP contribution in [0.25, 0.3) is 0 Å². The lowest BCUT2D eigenvalue weighted by atomic mass is 10.4. The molecule has 1 amide bonds. The minimum absolute atomic E-state index is 0.102. The van der Waals surface area contributed by atoms with Crippen LogP contribution in [-0.2, 0) is 11.3 Å². The zero-order valence-corrected chi connectivity index (χ0v) is 10.5. The number of aryl methyl sites for hydroxylation is 1. The zero-order valence-electron chi connectivity index (χ0n) is 8.88.